The van der Waals surface area contributed by atoms with Gasteiger partial charge < -0.3 is 10.2 Å². The van der Waals surface area contributed by atoms with Gasteiger partial charge in [-0.1, -0.05) is 106 Å². The van der Waals surface area contributed by atoms with Crippen molar-refractivity contribution in [2.45, 2.75) is 70.5 Å². The number of carbonyl (C=O) groups excluding carboxylic acids is 2. The minimum atomic E-state index is -3.81. The largest absolute Gasteiger partial charge is 0.352 e. The fraction of sp³-hybridized carbons (Fsp3) is 0.394. The number of hydrogen-bond acceptors (Lipinski definition) is 4. The van der Waals surface area contributed by atoms with Gasteiger partial charge in [0.15, 0.2) is 0 Å². The molecule has 8 heteroatoms. The number of benzene rings is 3. The zero-order chi connectivity index (χ0) is 29.4. The van der Waals surface area contributed by atoms with Crippen LogP contribution in [0.5, 0.6) is 0 Å². The Bertz CT molecular complexity index is 1400. The molecule has 3 aromatic rings. The minimum Gasteiger partial charge on any atom is -0.352 e. The molecule has 1 N–H and O–H groups in total. The van der Waals surface area contributed by atoms with E-state index in [1.54, 1.807) is 17.0 Å². The molecule has 0 heterocycles. The average Bonchev–Trinajstić information content (AvgIpc) is 3.47. The molecule has 0 radical (unpaired) electrons. The summed E-state index contributed by atoms with van der Waals surface area (Å²) in [6.45, 7) is 3.76. The second-order valence-corrected chi connectivity index (χ2v) is 13.1. The number of para-hydroxylation sites is 1. The molecule has 1 atom stereocenters. The molecule has 218 valence electrons. The van der Waals surface area contributed by atoms with E-state index in [9.17, 15) is 18.0 Å². The van der Waals surface area contributed by atoms with Crippen LogP contribution >= 0.6 is 0 Å². The highest BCUT2D eigenvalue weighted by Gasteiger charge is 2.34. The van der Waals surface area contributed by atoms with Gasteiger partial charge in [0.25, 0.3) is 0 Å². The van der Waals surface area contributed by atoms with E-state index in [4.69, 9.17) is 0 Å². The zero-order valence-electron chi connectivity index (χ0n) is 24.2. The van der Waals surface area contributed by atoms with Crippen molar-refractivity contribution in [3.8, 4) is 0 Å². The molecule has 0 saturated heterocycles. The van der Waals surface area contributed by atoms with Crippen molar-refractivity contribution in [2.24, 2.45) is 0 Å². The van der Waals surface area contributed by atoms with E-state index in [0.717, 1.165) is 48.6 Å². The molecule has 0 spiro atoms. The van der Waals surface area contributed by atoms with Crippen molar-refractivity contribution in [2.75, 3.05) is 17.1 Å². The molecule has 7 nitrogen and oxygen atoms in total. The summed E-state index contributed by atoms with van der Waals surface area (Å²) in [4.78, 5) is 29.7. The van der Waals surface area contributed by atoms with E-state index < -0.39 is 28.5 Å². The highest BCUT2D eigenvalue weighted by molar-refractivity contribution is 7.92. The SMILES string of the molecule is CC(C)c1ccccc1N(CC(=O)N(Cc1ccccc1)C(Cc1ccccc1)C(=O)NC1CCCC1)S(C)(=O)=O. The van der Waals surface area contributed by atoms with E-state index in [1.807, 2.05) is 86.6 Å². The van der Waals surface area contributed by atoms with Crippen LogP contribution in [-0.2, 0) is 32.6 Å². The summed E-state index contributed by atoms with van der Waals surface area (Å²) in [5.41, 5.74) is 3.10. The molecule has 1 aliphatic carbocycles. The Morgan fingerprint density at radius 2 is 1.41 bits per heavy atom. The van der Waals surface area contributed by atoms with E-state index in [1.165, 1.54) is 4.31 Å². The van der Waals surface area contributed by atoms with Gasteiger partial charge in [-0.2, -0.15) is 0 Å². The first kappa shape index (κ1) is 30.3. The minimum absolute atomic E-state index is 0.0500. The van der Waals surface area contributed by atoms with Gasteiger partial charge in [-0.25, -0.2) is 8.42 Å². The normalized spacial score (nSPS) is 14.5. The van der Waals surface area contributed by atoms with Crippen LogP contribution in [0, 0.1) is 0 Å². The number of hydrogen-bond donors (Lipinski definition) is 1. The number of nitrogens with one attached hydrogen (secondary N) is 1. The van der Waals surface area contributed by atoms with Gasteiger partial charge in [-0.05, 0) is 41.5 Å². The summed E-state index contributed by atoms with van der Waals surface area (Å²) in [5, 5.41) is 3.19. The van der Waals surface area contributed by atoms with Crippen molar-refractivity contribution in [1.82, 2.24) is 10.2 Å². The molecule has 0 aliphatic heterocycles. The smallest absolute Gasteiger partial charge is 0.244 e. The molecule has 41 heavy (non-hydrogen) atoms. The van der Waals surface area contributed by atoms with Crippen LogP contribution in [0.25, 0.3) is 0 Å². The first-order chi connectivity index (χ1) is 19.6. The molecule has 1 saturated carbocycles. The van der Waals surface area contributed by atoms with Gasteiger partial charge >= 0.3 is 0 Å². The number of anilines is 1. The number of sulfonamides is 1. The zero-order valence-corrected chi connectivity index (χ0v) is 25.0. The lowest BCUT2D eigenvalue weighted by molar-refractivity contribution is -0.140. The quantitative estimate of drug-likeness (QED) is 0.319. The molecule has 3 aromatic carbocycles. The molecule has 2 amide bonds. The van der Waals surface area contributed by atoms with Crippen molar-refractivity contribution in [3.63, 3.8) is 0 Å². The van der Waals surface area contributed by atoms with Gasteiger partial charge in [0.2, 0.25) is 21.8 Å². The molecule has 0 bridgehead atoms. The lowest BCUT2D eigenvalue weighted by atomic mass is 10.0. The average molecular weight is 576 g/mol. The molecular weight excluding hydrogens is 534 g/mol. The van der Waals surface area contributed by atoms with E-state index in [0.29, 0.717) is 12.1 Å². The number of amides is 2. The van der Waals surface area contributed by atoms with Gasteiger partial charge in [0, 0.05) is 19.0 Å². The highest BCUT2D eigenvalue weighted by Crippen LogP contribution is 2.29. The standard InChI is InChI=1S/C33H41N3O4S/c1-25(2)29-20-12-13-21-30(29)36(41(3,39)40)24-32(37)35(23-27-16-8-5-9-17-27)31(22-26-14-6-4-7-15-26)33(38)34-28-18-10-11-19-28/h4-9,12-17,20-21,25,28,31H,10-11,18-19,22-24H2,1-3H3,(H,34,38). The van der Waals surface area contributed by atoms with Crippen molar-refractivity contribution < 1.29 is 18.0 Å². The Morgan fingerprint density at radius 3 is 2.00 bits per heavy atom. The van der Waals surface area contributed by atoms with E-state index in [-0.39, 0.29) is 24.4 Å². The monoisotopic (exact) mass is 575 g/mol. The van der Waals surface area contributed by atoms with Crippen molar-refractivity contribution in [3.05, 3.63) is 102 Å². The molecular formula is C33H41N3O4S. The van der Waals surface area contributed by atoms with Gasteiger partial charge in [-0.15, -0.1) is 0 Å². The fourth-order valence-corrected chi connectivity index (χ4v) is 6.37. The topological polar surface area (TPSA) is 86.8 Å². The van der Waals surface area contributed by atoms with Gasteiger partial charge in [0.05, 0.1) is 11.9 Å². The predicted octanol–water partition coefficient (Wildman–Crippen LogP) is 5.27. The third-order valence-electron chi connectivity index (χ3n) is 7.68. The summed E-state index contributed by atoms with van der Waals surface area (Å²) in [5.74, 6) is -0.590. The maximum atomic E-state index is 14.3. The number of rotatable bonds is 12. The van der Waals surface area contributed by atoms with E-state index >= 15 is 0 Å². The van der Waals surface area contributed by atoms with Gasteiger partial charge in [0.1, 0.15) is 12.6 Å². The lowest BCUT2D eigenvalue weighted by Gasteiger charge is -2.34. The molecule has 0 aromatic heterocycles. The summed E-state index contributed by atoms with van der Waals surface area (Å²) in [6.07, 6.45) is 5.42. The van der Waals surface area contributed by atoms with Crippen molar-refractivity contribution >= 4 is 27.5 Å². The number of nitrogens with zero attached hydrogens (tertiary/aromatic N) is 2. The maximum Gasteiger partial charge on any atom is 0.244 e. The highest BCUT2D eigenvalue weighted by atomic mass is 32.2. The Morgan fingerprint density at radius 1 is 0.854 bits per heavy atom. The third-order valence-corrected chi connectivity index (χ3v) is 8.80. The Labute approximate surface area is 244 Å². The van der Waals surface area contributed by atoms with Crippen molar-refractivity contribution in [1.29, 1.82) is 0 Å². The number of carbonyl (C=O) groups is 2. The summed E-state index contributed by atoms with van der Waals surface area (Å²) in [7, 11) is -3.81. The van der Waals surface area contributed by atoms with Crippen LogP contribution in [0.3, 0.4) is 0 Å². The van der Waals surface area contributed by atoms with E-state index in [2.05, 4.69) is 5.32 Å². The lowest BCUT2D eigenvalue weighted by Crippen LogP contribution is -2.54. The molecule has 1 unspecified atom stereocenters. The van der Waals surface area contributed by atoms with Crippen LogP contribution in [0.4, 0.5) is 5.69 Å². The Hall–Kier alpha value is -3.65. The summed E-state index contributed by atoms with van der Waals surface area (Å²) >= 11 is 0. The molecule has 1 aliphatic rings. The third kappa shape index (κ3) is 8.19. The molecule has 4 rings (SSSR count). The van der Waals surface area contributed by atoms with Crippen LogP contribution < -0.4 is 9.62 Å². The van der Waals surface area contributed by atoms with Gasteiger partial charge in [-0.3, -0.25) is 13.9 Å². The Kier molecular flexibility index (Phi) is 10.2. The second-order valence-electron chi connectivity index (χ2n) is 11.2. The van der Waals surface area contributed by atoms with Crippen LogP contribution in [-0.4, -0.2) is 50.0 Å². The summed E-state index contributed by atoms with van der Waals surface area (Å²) in [6, 6.07) is 25.7. The first-order valence-electron chi connectivity index (χ1n) is 14.4. The maximum absolute atomic E-state index is 14.3. The Balaban J connectivity index is 1.73. The van der Waals surface area contributed by atoms with Crippen LogP contribution in [0.1, 0.15) is 62.1 Å². The first-order valence-corrected chi connectivity index (χ1v) is 16.2. The van der Waals surface area contributed by atoms with Crippen LogP contribution in [0.2, 0.25) is 0 Å². The summed E-state index contributed by atoms with van der Waals surface area (Å²) < 4.78 is 27.4. The van der Waals surface area contributed by atoms with Crippen LogP contribution in [0.15, 0.2) is 84.9 Å². The molecule has 1 fully saturated rings. The predicted molar refractivity (Wildman–Crippen MR) is 164 cm³/mol. The second kappa shape index (κ2) is 13.8. The fourth-order valence-electron chi connectivity index (χ4n) is 5.50.